The highest BCUT2D eigenvalue weighted by molar-refractivity contribution is 6.30. The van der Waals surface area contributed by atoms with Crippen molar-refractivity contribution >= 4 is 17.3 Å². The molecule has 0 unspecified atom stereocenters. The van der Waals surface area contributed by atoms with Crippen molar-refractivity contribution in [1.29, 1.82) is 0 Å². The van der Waals surface area contributed by atoms with Crippen LogP contribution in [0.25, 0.3) is 0 Å². The van der Waals surface area contributed by atoms with Gasteiger partial charge in [-0.3, -0.25) is 0 Å². The number of nitrogens with two attached hydrogens (primary N) is 1. The van der Waals surface area contributed by atoms with Crippen LogP contribution in [-0.4, -0.2) is 36.6 Å². The number of rotatable bonds is 5. The molecule has 1 heterocycles. The number of nitrogens with one attached hydrogen (secondary N) is 1. The second-order valence-corrected chi connectivity index (χ2v) is 6.90. The molecule has 1 aliphatic rings. The van der Waals surface area contributed by atoms with Crippen molar-refractivity contribution in [3.05, 3.63) is 29.0 Å². The molecule has 0 atom stereocenters. The van der Waals surface area contributed by atoms with Crippen molar-refractivity contribution in [1.82, 2.24) is 4.90 Å². The van der Waals surface area contributed by atoms with Crippen LogP contribution in [-0.2, 0) is 0 Å². The molecule has 1 aromatic carbocycles. The van der Waals surface area contributed by atoms with E-state index in [2.05, 4.69) is 24.1 Å². The number of halogens is 2. The zero-order valence-corrected chi connectivity index (χ0v) is 13.6. The first-order valence-corrected chi connectivity index (χ1v) is 7.97. The maximum atomic E-state index is 13.5. The fourth-order valence-electron chi connectivity index (χ4n) is 2.99. The molecular formula is C16H25ClFN3. The molecule has 1 fully saturated rings. The summed E-state index contributed by atoms with van der Waals surface area (Å²) in [5, 5.41) is 3.83. The van der Waals surface area contributed by atoms with Gasteiger partial charge in [-0.1, -0.05) is 25.4 Å². The zero-order valence-electron chi connectivity index (χ0n) is 12.8. The van der Waals surface area contributed by atoms with Crippen LogP contribution in [0.3, 0.4) is 0 Å². The zero-order chi connectivity index (χ0) is 15.5. The van der Waals surface area contributed by atoms with E-state index in [1.807, 2.05) is 0 Å². The van der Waals surface area contributed by atoms with Crippen LogP contribution < -0.4 is 11.1 Å². The Morgan fingerprint density at radius 2 is 2.00 bits per heavy atom. The van der Waals surface area contributed by atoms with Gasteiger partial charge < -0.3 is 16.0 Å². The summed E-state index contributed by atoms with van der Waals surface area (Å²) in [4.78, 5) is 2.47. The summed E-state index contributed by atoms with van der Waals surface area (Å²) in [6, 6.07) is 4.54. The molecule has 0 bridgehead atoms. The number of hydrogen-bond donors (Lipinski definition) is 2. The summed E-state index contributed by atoms with van der Waals surface area (Å²) >= 11 is 5.92. The Hall–Kier alpha value is -0.840. The maximum Gasteiger partial charge on any atom is 0.126 e. The lowest BCUT2D eigenvalue weighted by atomic mass is 9.87. The van der Waals surface area contributed by atoms with Gasteiger partial charge in [0.25, 0.3) is 0 Å². The SMILES string of the molecule is CC(C)CN1CCC(CN)(Nc2cc(F)cc(Cl)c2)CC1. The van der Waals surface area contributed by atoms with E-state index in [4.69, 9.17) is 17.3 Å². The van der Waals surface area contributed by atoms with E-state index in [1.54, 1.807) is 6.07 Å². The molecule has 0 amide bonds. The number of anilines is 1. The summed E-state index contributed by atoms with van der Waals surface area (Å²) in [5.41, 5.74) is 6.55. The molecule has 0 radical (unpaired) electrons. The van der Waals surface area contributed by atoms with Gasteiger partial charge in [0.2, 0.25) is 0 Å². The lowest BCUT2D eigenvalue weighted by molar-refractivity contribution is 0.161. The summed E-state index contributed by atoms with van der Waals surface area (Å²) in [6.07, 6.45) is 1.93. The first-order chi connectivity index (χ1) is 9.92. The van der Waals surface area contributed by atoms with Crippen molar-refractivity contribution in [3.8, 4) is 0 Å². The Labute approximate surface area is 131 Å². The highest BCUT2D eigenvalue weighted by Crippen LogP contribution is 2.28. The van der Waals surface area contributed by atoms with Gasteiger partial charge in [0.15, 0.2) is 0 Å². The van der Waals surface area contributed by atoms with Crippen molar-refractivity contribution in [3.63, 3.8) is 0 Å². The van der Waals surface area contributed by atoms with Crippen LogP contribution in [0, 0.1) is 11.7 Å². The predicted molar refractivity (Wildman–Crippen MR) is 87.3 cm³/mol. The van der Waals surface area contributed by atoms with E-state index in [-0.39, 0.29) is 11.4 Å². The van der Waals surface area contributed by atoms with E-state index in [9.17, 15) is 4.39 Å². The van der Waals surface area contributed by atoms with E-state index in [1.165, 1.54) is 12.1 Å². The largest absolute Gasteiger partial charge is 0.378 e. The maximum absolute atomic E-state index is 13.5. The van der Waals surface area contributed by atoms with Gasteiger partial charge in [0, 0.05) is 36.9 Å². The van der Waals surface area contributed by atoms with Gasteiger partial charge in [-0.25, -0.2) is 4.39 Å². The monoisotopic (exact) mass is 313 g/mol. The average molecular weight is 314 g/mol. The molecule has 2 rings (SSSR count). The first-order valence-electron chi connectivity index (χ1n) is 7.59. The van der Waals surface area contributed by atoms with Crippen LogP contribution in [0.4, 0.5) is 10.1 Å². The molecular weight excluding hydrogens is 289 g/mol. The van der Waals surface area contributed by atoms with Crippen LogP contribution in [0.2, 0.25) is 5.02 Å². The molecule has 0 aliphatic carbocycles. The normalized spacial score (nSPS) is 19.0. The Balaban J connectivity index is 2.03. The third-order valence-corrected chi connectivity index (χ3v) is 4.32. The van der Waals surface area contributed by atoms with E-state index in [0.29, 0.717) is 23.2 Å². The Bertz CT molecular complexity index is 450. The third kappa shape index (κ3) is 4.56. The van der Waals surface area contributed by atoms with Gasteiger partial charge in [0.1, 0.15) is 5.82 Å². The highest BCUT2D eigenvalue weighted by Gasteiger charge is 2.33. The van der Waals surface area contributed by atoms with Gasteiger partial charge in [-0.15, -0.1) is 0 Å². The molecule has 0 aromatic heterocycles. The fourth-order valence-corrected chi connectivity index (χ4v) is 3.21. The summed E-state index contributed by atoms with van der Waals surface area (Å²) in [6.45, 7) is 8.16. The summed E-state index contributed by atoms with van der Waals surface area (Å²) in [7, 11) is 0. The predicted octanol–water partition coefficient (Wildman–Crippen LogP) is 3.34. The standard InChI is InChI=1S/C16H25ClFN3/c1-12(2)10-21-5-3-16(11-19,4-6-21)20-15-8-13(17)7-14(18)9-15/h7-9,12,20H,3-6,10-11,19H2,1-2H3. The Kier molecular flexibility index (Phi) is 5.47. The Morgan fingerprint density at radius 1 is 1.33 bits per heavy atom. The number of likely N-dealkylation sites (tertiary alicyclic amines) is 1. The van der Waals surface area contributed by atoms with Crippen molar-refractivity contribution in [2.24, 2.45) is 11.7 Å². The number of benzene rings is 1. The van der Waals surface area contributed by atoms with Gasteiger partial charge in [0.05, 0.1) is 5.54 Å². The third-order valence-electron chi connectivity index (χ3n) is 4.10. The van der Waals surface area contributed by atoms with Crippen LogP contribution in [0.15, 0.2) is 18.2 Å². The molecule has 1 aromatic rings. The second kappa shape index (κ2) is 6.95. The minimum atomic E-state index is -0.325. The molecule has 5 heteroatoms. The van der Waals surface area contributed by atoms with Crippen LogP contribution in [0.1, 0.15) is 26.7 Å². The van der Waals surface area contributed by atoms with E-state index < -0.39 is 0 Å². The van der Waals surface area contributed by atoms with Gasteiger partial charge in [-0.2, -0.15) is 0 Å². The molecule has 118 valence electrons. The van der Waals surface area contributed by atoms with Gasteiger partial charge >= 0.3 is 0 Å². The van der Waals surface area contributed by atoms with Crippen molar-refractivity contribution in [2.45, 2.75) is 32.2 Å². The van der Waals surface area contributed by atoms with Crippen molar-refractivity contribution in [2.75, 3.05) is 31.5 Å². The Morgan fingerprint density at radius 3 is 2.52 bits per heavy atom. The number of nitrogens with zero attached hydrogens (tertiary/aromatic N) is 1. The highest BCUT2D eigenvalue weighted by atomic mass is 35.5. The summed E-state index contributed by atoms with van der Waals surface area (Å²) < 4.78 is 13.5. The summed E-state index contributed by atoms with van der Waals surface area (Å²) in [5.74, 6) is 0.347. The molecule has 0 saturated carbocycles. The van der Waals surface area contributed by atoms with Gasteiger partial charge in [-0.05, 0) is 37.0 Å². The quantitative estimate of drug-likeness (QED) is 0.876. The molecule has 0 spiro atoms. The van der Waals surface area contributed by atoms with E-state index in [0.717, 1.165) is 32.5 Å². The molecule has 1 aliphatic heterocycles. The minimum absolute atomic E-state index is 0.162. The van der Waals surface area contributed by atoms with Crippen LogP contribution in [0.5, 0.6) is 0 Å². The average Bonchev–Trinajstić information content (AvgIpc) is 2.39. The number of piperidine rings is 1. The number of hydrogen-bond acceptors (Lipinski definition) is 3. The lowest BCUT2D eigenvalue weighted by Crippen LogP contribution is -2.54. The molecule has 3 nitrogen and oxygen atoms in total. The van der Waals surface area contributed by atoms with E-state index >= 15 is 0 Å². The molecule has 3 N–H and O–H groups in total. The second-order valence-electron chi connectivity index (χ2n) is 6.46. The minimum Gasteiger partial charge on any atom is -0.378 e. The molecule has 1 saturated heterocycles. The topological polar surface area (TPSA) is 41.3 Å². The molecule has 21 heavy (non-hydrogen) atoms. The van der Waals surface area contributed by atoms with Crippen molar-refractivity contribution < 1.29 is 4.39 Å². The lowest BCUT2D eigenvalue weighted by Gasteiger charge is -2.43. The first kappa shape index (κ1) is 16.5. The fraction of sp³-hybridized carbons (Fsp3) is 0.625. The smallest absolute Gasteiger partial charge is 0.126 e. The van der Waals surface area contributed by atoms with Crippen LogP contribution >= 0.6 is 11.6 Å².